The zero-order valence-electron chi connectivity index (χ0n) is 10.7. The first-order chi connectivity index (χ1) is 8.99. The number of hydrogen-bond acceptors (Lipinski definition) is 6. The molecule has 2 aliphatic rings. The number of fused-ring (bicyclic) bond motifs is 1. The molecule has 3 atom stereocenters. The average molecular weight is 268 g/mol. The van der Waals surface area contributed by atoms with Gasteiger partial charge in [-0.05, 0) is 25.7 Å². The van der Waals surface area contributed by atoms with Crippen molar-refractivity contribution in [1.82, 2.24) is 0 Å². The molecule has 0 bridgehead atoms. The van der Waals surface area contributed by atoms with Crippen LogP contribution in [0, 0.1) is 17.8 Å². The third-order valence-corrected chi connectivity index (χ3v) is 3.76. The Morgan fingerprint density at radius 3 is 2.32 bits per heavy atom. The summed E-state index contributed by atoms with van der Waals surface area (Å²) in [7, 11) is 0. The molecule has 1 heterocycles. The van der Waals surface area contributed by atoms with Crippen molar-refractivity contribution in [3.63, 3.8) is 0 Å². The van der Waals surface area contributed by atoms with E-state index in [1.165, 1.54) is 6.92 Å². The summed E-state index contributed by atoms with van der Waals surface area (Å²) in [6.45, 7) is 1.18. The van der Waals surface area contributed by atoms with Crippen LogP contribution in [0.15, 0.2) is 0 Å². The number of esters is 4. The fraction of sp³-hybridized carbons (Fsp3) is 0.692. The van der Waals surface area contributed by atoms with Crippen LogP contribution in [-0.4, -0.2) is 23.9 Å². The van der Waals surface area contributed by atoms with E-state index in [0.29, 0.717) is 32.1 Å². The molecule has 19 heavy (non-hydrogen) atoms. The van der Waals surface area contributed by atoms with Gasteiger partial charge in [-0.2, -0.15) is 0 Å². The van der Waals surface area contributed by atoms with E-state index in [0.717, 1.165) is 0 Å². The minimum absolute atomic E-state index is 0.364. The average Bonchev–Trinajstić information content (AvgIpc) is 2.51. The number of carbonyl (C=O) groups is 4. The molecule has 6 nitrogen and oxygen atoms in total. The summed E-state index contributed by atoms with van der Waals surface area (Å²) in [6.07, 6.45) is 2.61. The van der Waals surface area contributed by atoms with Crippen LogP contribution in [0.3, 0.4) is 0 Å². The molecular weight excluding hydrogens is 252 g/mol. The molecule has 6 heteroatoms. The van der Waals surface area contributed by atoms with Gasteiger partial charge in [0, 0.05) is 6.92 Å². The van der Waals surface area contributed by atoms with E-state index < -0.39 is 29.8 Å². The van der Waals surface area contributed by atoms with E-state index in [4.69, 9.17) is 0 Å². The van der Waals surface area contributed by atoms with E-state index in [-0.39, 0.29) is 11.8 Å². The quantitative estimate of drug-likeness (QED) is 0.520. The number of ether oxygens (including phenoxy) is 2. The summed E-state index contributed by atoms with van der Waals surface area (Å²) < 4.78 is 9.22. The number of cyclic esters (lactones) is 2. The monoisotopic (exact) mass is 268 g/mol. The summed E-state index contributed by atoms with van der Waals surface area (Å²) in [5.74, 6) is -3.29. The highest BCUT2D eigenvalue weighted by Crippen LogP contribution is 2.36. The van der Waals surface area contributed by atoms with Crippen LogP contribution in [0.25, 0.3) is 0 Å². The lowest BCUT2D eigenvalue weighted by atomic mass is 9.80. The summed E-state index contributed by atoms with van der Waals surface area (Å²) in [5.41, 5.74) is 0. The van der Waals surface area contributed by atoms with Crippen molar-refractivity contribution in [2.75, 3.05) is 0 Å². The Bertz CT molecular complexity index is 427. The third-order valence-electron chi connectivity index (χ3n) is 3.76. The maximum absolute atomic E-state index is 11.7. The Balaban J connectivity index is 2.00. The van der Waals surface area contributed by atoms with E-state index in [1.54, 1.807) is 0 Å². The number of rotatable bonds is 1. The first-order valence-corrected chi connectivity index (χ1v) is 6.47. The Morgan fingerprint density at radius 1 is 1.05 bits per heavy atom. The summed E-state index contributed by atoms with van der Waals surface area (Å²) in [4.78, 5) is 45.4. The second-order valence-electron chi connectivity index (χ2n) is 5.07. The van der Waals surface area contributed by atoms with Gasteiger partial charge in [0.05, 0.1) is 17.8 Å². The molecule has 0 radical (unpaired) electrons. The third kappa shape index (κ3) is 3.00. The van der Waals surface area contributed by atoms with Crippen molar-refractivity contribution in [3.05, 3.63) is 0 Å². The predicted molar refractivity (Wildman–Crippen MR) is 61.4 cm³/mol. The lowest BCUT2D eigenvalue weighted by Gasteiger charge is -2.21. The van der Waals surface area contributed by atoms with Crippen molar-refractivity contribution < 1.29 is 28.7 Å². The molecule has 0 aromatic heterocycles. The SMILES string of the molecule is CC(=O)OC(=O)C1CCCC2C(=O)OC(=O)C2CC1. The molecule has 3 unspecified atom stereocenters. The van der Waals surface area contributed by atoms with E-state index >= 15 is 0 Å². The topological polar surface area (TPSA) is 86.7 Å². The van der Waals surface area contributed by atoms with Gasteiger partial charge in [0.25, 0.3) is 0 Å². The van der Waals surface area contributed by atoms with Crippen LogP contribution in [0.2, 0.25) is 0 Å². The Morgan fingerprint density at radius 2 is 1.68 bits per heavy atom. The molecule has 0 aromatic rings. The Kier molecular flexibility index (Phi) is 3.97. The highest BCUT2D eigenvalue weighted by Gasteiger charge is 2.45. The lowest BCUT2D eigenvalue weighted by molar-refractivity contribution is -0.162. The zero-order valence-corrected chi connectivity index (χ0v) is 10.7. The summed E-state index contributed by atoms with van der Waals surface area (Å²) in [6, 6.07) is 0. The van der Waals surface area contributed by atoms with Crippen molar-refractivity contribution in [2.24, 2.45) is 17.8 Å². The van der Waals surface area contributed by atoms with Crippen LogP contribution < -0.4 is 0 Å². The van der Waals surface area contributed by atoms with Gasteiger partial charge in [-0.25, -0.2) is 0 Å². The van der Waals surface area contributed by atoms with Gasteiger partial charge in [-0.15, -0.1) is 0 Å². The molecule has 104 valence electrons. The molecule has 0 N–H and O–H groups in total. The zero-order chi connectivity index (χ0) is 14.0. The van der Waals surface area contributed by atoms with Crippen molar-refractivity contribution in [1.29, 1.82) is 0 Å². The molecule has 0 spiro atoms. The molecule has 0 amide bonds. The fourth-order valence-electron chi connectivity index (χ4n) is 2.79. The molecule has 2 rings (SSSR count). The normalized spacial score (nSPS) is 30.9. The van der Waals surface area contributed by atoms with Gasteiger partial charge in [-0.3, -0.25) is 19.2 Å². The van der Waals surface area contributed by atoms with Gasteiger partial charge in [-0.1, -0.05) is 6.42 Å². The molecule has 1 saturated carbocycles. The predicted octanol–water partition coefficient (Wildman–Crippen LogP) is 0.972. The van der Waals surface area contributed by atoms with Crippen LogP contribution in [0.5, 0.6) is 0 Å². The van der Waals surface area contributed by atoms with Gasteiger partial charge >= 0.3 is 23.9 Å². The van der Waals surface area contributed by atoms with Crippen molar-refractivity contribution >= 4 is 23.9 Å². The molecule has 0 aromatic carbocycles. The van der Waals surface area contributed by atoms with Crippen LogP contribution >= 0.6 is 0 Å². The molecule has 1 aliphatic carbocycles. The highest BCUT2D eigenvalue weighted by molar-refractivity contribution is 5.96. The minimum atomic E-state index is -0.625. The molecular formula is C13H16O6. The number of hydrogen-bond donors (Lipinski definition) is 0. The largest absolute Gasteiger partial charge is 0.393 e. The van der Waals surface area contributed by atoms with Gasteiger partial charge in [0.2, 0.25) is 0 Å². The Hall–Kier alpha value is -1.72. The van der Waals surface area contributed by atoms with Crippen LogP contribution in [0.4, 0.5) is 0 Å². The fourth-order valence-corrected chi connectivity index (χ4v) is 2.79. The van der Waals surface area contributed by atoms with Crippen LogP contribution in [0.1, 0.15) is 39.0 Å². The van der Waals surface area contributed by atoms with E-state index in [2.05, 4.69) is 9.47 Å². The molecule has 1 saturated heterocycles. The standard InChI is InChI=1S/C13H16O6/c1-7(14)18-11(15)8-3-2-4-9-10(6-5-8)13(17)19-12(9)16/h8-10H,2-6H2,1H3. The highest BCUT2D eigenvalue weighted by atomic mass is 16.6. The maximum Gasteiger partial charge on any atom is 0.317 e. The van der Waals surface area contributed by atoms with Gasteiger partial charge in [0.1, 0.15) is 0 Å². The maximum atomic E-state index is 11.7. The first kappa shape index (κ1) is 13.7. The van der Waals surface area contributed by atoms with Gasteiger partial charge in [0.15, 0.2) is 0 Å². The van der Waals surface area contributed by atoms with Crippen molar-refractivity contribution in [2.45, 2.75) is 39.0 Å². The smallest absolute Gasteiger partial charge is 0.317 e. The first-order valence-electron chi connectivity index (χ1n) is 6.47. The Labute approximate surface area is 110 Å². The van der Waals surface area contributed by atoms with Crippen molar-refractivity contribution in [3.8, 4) is 0 Å². The lowest BCUT2D eigenvalue weighted by Crippen LogP contribution is -2.26. The van der Waals surface area contributed by atoms with Crippen LogP contribution in [-0.2, 0) is 28.7 Å². The second-order valence-corrected chi connectivity index (χ2v) is 5.07. The summed E-state index contributed by atoms with van der Waals surface area (Å²) >= 11 is 0. The minimum Gasteiger partial charge on any atom is -0.393 e. The van der Waals surface area contributed by atoms with E-state index in [1.807, 2.05) is 0 Å². The summed E-state index contributed by atoms with van der Waals surface area (Å²) in [5, 5.41) is 0. The second kappa shape index (κ2) is 5.50. The van der Waals surface area contributed by atoms with Gasteiger partial charge < -0.3 is 9.47 Å². The molecule has 2 fully saturated rings. The number of carbonyl (C=O) groups excluding carboxylic acids is 4. The van der Waals surface area contributed by atoms with E-state index in [9.17, 15) is 19.2 Å². The molecule has 1 aliphatic heterocycles.